The summed E-state index contributed by atoms with van der Waals surface area (Å²) in [6.07, 6.45) is 5.26. The van der Waals surface area contributed by atoms with E-state index < -0.39 is 0 Å². The first-order valence-electron chi connectivity index (χ1n) is 7.87. The Kier molecular flexibility index (Phi) is 3.30. The van der Waals surface area contributed by atoms with Gasteiger partial charge < -0.3 is 0 Å². The van der Waals surface area contributed by atoms with Gasteiger partial charge in [0.05, 0.1) is 17.1 Å². The Morgan fingerprint density at radius 3 is 2.87 bits per heavy atom. The molecule has 0 saturated heterocycles. The fourth-order valence-corrected chi connectivity index (χ4v) is 3.17. The Labute approximate surface area is 134 Å². The first-order valence-corrected chi connectivity index (χ1v) is 7.87. The second-order valence-corrected chi connectivity index (χ2v) is 5.92. The van der Waals surface area contributed by atoms with Gasteiger partial charge in [0.2, 0.25) is 0 Å². The third-order valence-corrected chi connectivity index (χ3v) is 4.36. The lowest BCUT2D eigenvalue weighted by atomic mass is 10.1. The van der Waals surface area contributed by atoms with Crippen molar-refractivity contribution in [1.82, 2.24) is 9.66 Å². The van der Waals surface area contributed by atoms with E-state index in [0.29, 0.717) is 16.7 Å². The molecule has 0 unspecified atom stereocenters. The lowest BCUT2D eigenvalue weighted by Gasteiger charge is -2.05. The average molecular weight is 303 g/mol. The Morgan fingerprint density at radius 2 is 1.96 bits per heavy atom. The van der Waals surface area contributed by atoms with E-state index in [2.05, 4.69) is 28.3 Å². The van der Waals surface area contributed by atoms with Crippen LogP contribution in [0.3, 0.4) is 0 Å². The van der Waals surface area contributed by atoms with Crippen LogP contribution < -0.4 is 5.56 Å². The summed E-state index contributed by atoms with van der Waals surface area (Å²) < 4.78 is 1.37. The van der Waals surface area contributed by atoms with E-state index in [1.54, 1.807) is 19.2 Å². The molecule has 0 atom stereocenters. The van der Waals surface area contributed by atoms with Gasteiger partial charge in [0.25, 0.3) is 5.56 Å². The van der Waals surface area contributed by atoms with Crippen LogP contribution in [0, 0.1) is 6.92 Å². The predicted octanol–water partition coefficient (Wildman–Crippen LogP) is 3.08. The Bertz CT molecular complexity index is 986. The summed E-state index contributed by atoms with van der Waals surface area (Å²) in [4.78, 5) is 17.0. The van der Waals surface area contributed by atoms with Crippen LogP contribution in [0.4, 0.5) is 0 Å². The molecule has 0 radical (unpaired) electrons. The van der Waals surface area contributed by atoms with Gasteiger partial charge >= 0.3 is 0 Å². The van der Waals surface area contributed by atoms with Gasteiger partial charge in [0, 0.05) is 0 Å². The Balaban J connectivity index is 1.76. The minimum absolute atomic E-state index is 0.134. The zero-order valence-corrected chi connectivity index (χ0v) is 13.0. The third-order valence-electron chi connectivity index (χ3n) is 4.36. The minimum Gasteiger partial charge on any atom is -0.267 e. The number of rotatable bonds is 2. The number of aromatic nitrogens is 2. The number of aryl methyl sites for hydroxylation is 3. The standard InChI is InChI=1S/C19H17N3O/c1-13-21-18-8-3-2-7-17(18)19(23)22(13)20-12-14-9-10-15-5-4-6-16(15)11-14/h2-3,7-12H,4-6H2,1H3/b20-12-. The molecule has 0 fully saturated rings. The van der Waals surface area contributed by atoms with Gasteiger partial charge in [-0.05, 0) is 61.1 Å². The van der Waals surface area contributed by atoms with Gasteiger partial charge in [-0.15, -0.1) is 0 Å². The van der Waals surface area contributed by atoms with Gasteiger partial charge in [-0.25, -0.2) is 4.98 Å². The number of hydrogen-bond acceptors (Lipinski definition) is 3. The number of benzene rings is 2. The summed E-state index contributed by atoms with van der Waals surface area (Å²) in [6, 6.07) is 13.7. The molecule has 4 nitrogen and oxygen atoms in total. The molecule has 2 aromatic carbocycles. The molecule has 0 saturated carbocycles. The fourth-order valence-electron chi connectivity index (χ4n) is 3.17. The summed E-state index contributed by atoms with van der Waals surface area (Å²) >= 11 is 0. The van der Waals surface area contributed by atoms with Crippen molar-refractivity contribution in [2.45, 2.75) is 26.2 Å². The van der Waals surface area contributed by atoms with E-state index in [-0.39, 0.29) is 5.56 Å². The molecule has 1 aromatic heterocycles. The Hall–Kier alpha value is -2.75. The SMILES string of the molecule is Cc1nc2ccccc2c(=O)n1/N=C\c1ccc2c(c1)CCC2. The fraction of sp³-hybridized carbons (Fsp3) is 0.211. The number of fused-ring (bicyclic) bond motifs is 2. The second-order valence-electron chi connectivity index (χ2n) is 5.92. The zero-order chi connectivity index (χ0) is 15.8. The smallest absolute Gasteiger partial charge is 0.267 e. The van der Waals surface area contributed by atoms with E-state index in [1.807, 2.05) is 18.2 Å². The number of nitrogens with zero attached hydrogens (tertiary/aromatic N) is 3. The lowest BCUT2D eigenvalue weighted by Crippen LogP contribution is -2.20. The molecule has 0 amide bonds. The molecule has 0 spiro atoms. The highest BCUT2D eigenvalue weighted by Gasteiger charge is 2.10. The van der Waals surface area contributed by atoms with Crippen LogP contribution in [0.25, 0.3) is 10.9 Å². The Morgan fingerprint density at radius 1 is 1.13 bits per heavy atom. The predicted molar refractivity (Wildman–Crippen MR) is 92.2 cm³/mol. The van der Waals surface area contributed by atoms with Crippen molar-refractivity contribution in [2.24, 2.45) is 5.10 Å². The monoisotopic (exact) mass is 303 g/mol. The molecule has 1 aliphatic carbocycles. The summed E-state index contributed by atoms with van der Waals surface area (Å²) in [5, 5.41) is 4.96. The third kappa shape index (κ3) is 2.46. The zero-order valence-electron chi connectivity index (χ0n) is 13.0. The van der Waals surface area contributed by atoms with E-state index in [0.717, 1.165) is 12.0 Å². The highest BCUT2D eigenvalue weighted by atomic mass is 16.1. The van der Waals surface area contributed by atoms with Crippen LogP contribution >= 0.6 is 0 Å². The molecule has 114 valence electrons. The van der Waals surface area contributed by atoms with Crippen molar-refractivity contribution in [1.29, 1.82) is 0 Å². The second kappa shape index (κ2) is 5.47. The number of para-hydroxylation sites is 1. The minimum atomic E-state index is -0.134. The first kappa shape index (κ1) is 13.9. The van der Waals surface area contributed by atoms with E-state index >= 15 is 0 Å². The maximum Gasteiger partial charge on any atom is 0.282 e. The van der Waals surface area contributed by atoms with Crippen molar-refractivity contribution in [3.05, 3.63) is 75.3 Å². The van der Waals surface area contributed by atoms with Crippen molar-refractivity contribution in [2.75, 3.05) is 0 Å². The van der Waals surface area contributed by atoms with E-state index in [4.69, 9.17) is 0 Å². The maximum atomic E-state index is 12.6. The summed E-state index contributed by atoms with van der Waals surface area (Å²) in [5.74, 6) is 0.589. The lowest BCUT2D eigenvalue weighted by molar-refractivity contribution is 0.771. The molecule has 0 bridgehead atoms. The van der Waals surface area contributed by atoms with Crippen molar-refractivity contribution in [3.8, 4) is 0 Å². The topological polar surface area (TPSA) is 47.2 Å². The quantitative estimate of drug-likeness (QED) is 0.683. The molecular formula is C19H17N3O. The summed E-state index contributed by atoms with van der Waals surface area (Å²) in [6.45, 7) is 1.80. The number of hydrogen-bond donors (Lipinski definition) is 0. The van der Waals surface area contributed by atoms with Crippen LogP contribution in [0.1, 0.15) is 28.9 Å². The van der Waals surface area contributed by atoms with Gasteiger partial charge in [0.15, 0.2) is 0 Å². The molecule has 1 heterocycles. The van der Waals surface area contributed by atoms with Crippen LogP contribution in [0.5, 0.6) is 0 Å². The van der Waals surface area contributed by atoms with Gasteiger partial charge in [-0.3, -0.25) is 4.79 Å². The van der Waals surface area contributed by atoms with E-state index in [1.165, 1.54) is 28.6 Å². The van der Waals surface area contributed by atoms with Crippen LogP contribution in [-0.4, -0.2) is 15.9 Å². The molecule has 3 aromatic rings. The molecule has 0 N–H and O–H groups in total. The van der Waals surface area contributed by atoms with Crippen LogP contribution in [0.2, 0.25) is 0 Å². The molecule has 4 heteroatoms. The average Bonchev–Trinajstić information content (AvgIpc) is 3.02. The van der Waals surface area contributed by atoms with Gasteiger partial charge in [0.1, 0.15) is 5.82 Å². The van der Waals surface area contributed by atoms with Crippen molar-refractivity contribution in [3.63, 3.8) is 0 Å². The van der Waals surface area contributed by atoms with Crippen molar-refractivity contribution >= 4 is 17.1 Å². The first-order chi connectivity index (χ1) is 11.2. The van der Waals surface area contributed by atoms with Crippen molar-refractivity contribution < 1.29 is 0 Å². The molecular weight excluding hydrogens is 286 g/mol. The normalized spacial score (nSPS) is 13.8. The van der Waals surface area contributed by atoms with Crippen LogP contribution in [0.15, 0.2) is 52.4 Å². The van der Waals surface area contributed by atoms with Gasteiger partial charge in [-0.2, -0.15) is 9.78 Å². The van der Waals surface area contributed by atoms with E-state index in [9.17, 15) is 4.79 Å². The highest BCUT2D eigenvalue weighted by molar-refractivity contribution is 5.81. The van der Waals surface area contributed by atoms with Crippen LogP contribution in [-0.2, 0) is 12.8 Å². The molecule has 0 aliphatic heterocycles. The summed E-state index contributed by atoms with van der Waals surface area (Å²) in [5.41, 5.74) is 4.42. The largest absolute Gasteiger partial charge is 0.282 e. The maximum absolute atomic E-state index is 12.6. The molecule has 23 heavy (non-hydrogen) atoms. The highest BCUT2D eigenvalue weighted by Crippen LogP contribution is 2.22. The molecule has 1 aliphatic rings. The molecule has 4 rings (SSSR count). The summed E-state index contributed by atoms with van der Waals surface area (Å²) in [7, 11) is 0. The van der Waals surface area contributed by atoms with Gasteiger partial charge in [-0.1, -0.05) is 24.3 Å².